The molecule has 2 aromatic rings. The van der Waals surface area contributed by atoms with Gasteiger partial charge in [-0.25, -0.2) is 4.79 Å². The zero-order chi connectivity index (χ0) is 20.2. The maximum absolute atomic E-state index is 12.1. The van der Waals surface area contributed by atoms with E-state index in [1.807, 2.05) is 0 Å². The van der Waals surface area contributed by atoms with Crippen LogP contribution in [-0.4, -0.2) is 34.5 Å². The third-order valence-corrected chi connectivity index (χ3v) is 3.31. The zero-order valence-corrected chi connectivity index (χ0v) is 15.5. The SMILES string of the molecule is CN(Cc1cccc(NC(=O)c2ccc([N+](=O)[O-])o2)c1)C(=O)OC(C)(C)C. The minimum absolute atomic E-state index is 0.169. The molecular weight excluding hydrogens is 354 g/mol. The lowest BCUT2D eigenvalue weighted by molar-refractivity contribution is -0.402. The highest BCUT2D eigenvalue weighted by Gasteiger charge is 2.20. The van der Waals surface area contributed by atoms with Gasteiger partial charge in [-0.2, -0.15) is 0 Å². The summed E-state index contributed by atoms with van der Waals surface area (Å²) in [5.74, 6) is -1.29. The van der Waals surface area contributed by atoms with Crippen molar-refractivity contribution in [1.82, 2.24) is 4.90 Å². The molecule has 9 heteroatoms. The first kappa shape index (κ1) is 20.0. The fourth-order valence-corrected chi connectivity index (χ4v) is 2.17. The van der Waals surface area contributed by atoms with Gasteiger partial charge in [0.15, 0.2) is 5.76 Å². The highest BCUT2D eigenvalue weighted by atomic mass is 16.6. The van der Waals surface area contributed by atoms with E-state index in [4.69, 9.17) is 9.15 Å². The second-order valence-corrected chi connectivity index (χ2v) is 6.89. The molecule has 2 amide bonds. The molecule has 0 atom stereocenters. The number of furan rings is 1. The number of nitrogens with zero attached hydrogens (tertiary/aromatic N) is 2. The van der Waals surface area contributed by atoms with E-state index in [1.54, 1.807) is 52.1 Å². The first-order valence-electron chi connectivity index (χ1n) is 8.14. The van der Waals surface area contributed by atoms with E-state index in [-0.39, 0.29) is 12.3 Å². The number of hydrogen-bond acceptors (Lipinski definition) is 6. The summed E-state index contributed by atoms with van der Waals surface area (Å²) in [6, 6.07) is 9.21. The van der Waals surface area contributed by atoms with Crippen LogP contribution in [0.15, 0.2) is 40.8 Å². The molecule has 0 radical (unpaired) electrons. The molecule has 0 aliphatic carbocycles. The van der Waals surface area contributed by atoms with Crippen LogP contribution in [0.3, 0.4) is 0 Å². The molecule has 0 fully saturated rings. The number of carbonyl (C=O) groups excluding carboxylic acids is 2. The zero-order valence-electron chi connectivity index (χ0n) is 15.5. The van der Waals surface area contributed by atoms with Crippen molar-refractivity contribution in [3.05, 3.63) is 57.8 Å². The predicted molar refractivity (Wildman–Crippen MR) is 97.5 cm³/mol. The largest absolute Gasteiger partial charge is 0.444 e. The molecule has 2 rings (SSSR count). The molecule has 0 aliphatic rings. The average Bonchev–Trinajstić information content (AvgIpc) is 3.04. The number of nitro groups is 1. The molecule has 1 N–H and O–H groups in total. The summed E-state index contributed by atoms with van der Waals surface area (Å²) < 4.78 is 10.2. The molecule has 0 spiro atoms. The van der Waals surface area contributed by atoms with Gasteiger partial charge < -0.3 is 19.4 Å². The van der Waals surface area contributed by atoms with Gasteiger partial charge in [0.2, 0.25) is 0 Å². The first-order valence-corrected chi connectivity index (χ1v) is 8.14. The van der Waals surface area contributed by atoms with Crippen molar-refractivity contribution in [2.75, 3.05) is 12.4 Å². The minimum Gasteiger partial charge on any atom is -0.444 e. The Bertz CT molecular complexity index is 853. The van der Waals surface area contributed by atoms with Crippen LogP contribution in [0.4, 0.5) is 16.4 Å². The molecule has 0 aliphatic heterocycles. The van der Waals surface area contributed by atoms with Crippen LogP contribution in [-0.2, 0) is 11.3 Å². The number of carbonyl (C=O) groups is 2. The summed E-state index contributed by atoms with van der Waals surface area (Å²) in [7, 11) is 1.61. The lowest BCUT2D eigenvalue weighted by Gasteiger charge is -2.24. The Hall–Kier alpha value is -3.36. The van der Waals surface area contributed by atoms with Crippen LogP contribution in [0.2, 0.25) is 0 Å². The predicted octanol–water partition coefficient (Wildman–Crippen LogP) is 3.81. The van der Waals surface area contributed by atoms with Gasteiger partial charge in [0, 0.05) is 19.3 Å². The smallest absolute Gasteiger partial charge is 0.433 e. The third-order valence-electron chi connectivity index (χ3n) is 3.31. The summed E-state index contributed by atoms with van der Waals surface area (Å²) in [6.07, 6.45) is -0.458. The molecular formula is C18H21N3O6. The van der Waals surface area contributed by atoms with E-state index < -0.39 is 28.4 Å². The monoisotopic (exact) mass is 375 g/mol. The topological polar surface area (TPSA) is 115 Å². The van der Waals surface area contributed by atoms with Crippen LogP contribution in [0.1, 0.15) is 36.9 Å². The van der Waals surface area contributed by atoms with Gasteiger partial charge in [0.1, 0.15) is 10.5 Å². The average molecular weight is 375 g/mol. The van der Waals surface area contributed by atoms with Gasteiger partial charge in [0.25, 0.3) is 5.91 Å². The standard InChI is InChI=1S/C18H21N3O6/c1-18(2,3)27-17(23)20(4)11-12-6-5-7-13(10-12)19-16(22)14-8-9-15(26-14)21(24)25/h5-10H,11H2,1-4H3,(H,19,22). The van der Waals surface area contributed by atoms with Crippen molar-refractivity contribution < 1.29 is 23.7 Å². The normalized spacial score (nSPS) is 11.0. The Labute approximate surface area is 156 Å². The minimum atomic E-state index is -0.718. The van der Waals surface area contributed by atoms with Gasteiger partial charge >= 0.3 is 12.0 Å². The summed E-state index contributed by atoms with van der Waals surface area (Å²) in [6.45, 7) is 5.64. The second-order valence-electron chi connectivity index (χ2n) is 6.89. The fourth-order valence-electron chi connectivity index (χ4n) is 2.17. The van der Waals surface area contributed by atoms with Gasteiger partial charge in [-0.1, -0.05) is 12.1 Å². The molecule has 1 aromatic carbocycles. The highest BCUT2D eigenvalue weighted by molar-refractivity contribution is 6.02. The molecule has 0 saturated heterocycles. The van der Waals surface area contributed by atoms with E-state index in [0.717, 1.165) is 11.6 Å². The highest BCUT2D eigenvalue weighted by Crippen LogP contribution is 2.19. The van der Waals surface area contributed by atoms with Gasteiger partial charge in [-0.05, 0) is 44.5 Å². The van der Waals surface area contributed by atoms with Crippen molar-refractivity contribution >= 4 is 23.6 Å². The van der Waals surface area contributed by atoms with Crippen LogP contribution in [0, 0.1) is 10.1 Å². The van der Waals surface area contributed by atoms with E-state index in [0.29, 0.717) is 5.69 Å². The van der Waals surface area contributed by atoms with Crippen molar-refractivity contribution in [2.45, 2.75) is 32.9 Å². The molecule has 0 bridgehead atoms. The number of hydrogen-bond donors (Lipinski definition) is 1. The maximum atomic E-state index is 12.1. The van der Waals surface area contributed by atoms with Crippen molar-refractivity contribution in [1.29, 1.82) is 0 Å². The molecule has 1 aromatic heterocycles. The van der Waals surface area contributed by atoms with Crippen LogP contribution >= 0.6 is 0 Å². The fraction of sp³-hybridized carbons (Fsp3) is 0.333. The van der Waals surface area contributed by atoms with E-state index in [2.05, 4.69) is 5.32 Å². The summed E-state index contributed by atoms with van der Waals surface area (Å²) in [5, 5.41) is 13.2. The first-order chi connectivity index (χ1) is 12.5. The molecule has 1 heterocycles. The van der Waals surface area contributed by atoms with E-state index in [9.17, 15) is 19.7 Å². The van der Waals surface area contributed by atoms with Crippen LogP contribution in [0.5, 0.6) is 0 Å². The summed E-state index contributed by atoms with van der Waals surface area (Å²) in [4.78, 5) is 35.5. The number of anilines is 1. The Balaban J connectivity index is 2.03. The molecule has 0 saturated carbocycles. The number of nitrogens with one attached hydrogen (secondary N) is 1. The Kier molecular flexibility index (Phi) is 5.84. The quantitative estimate of drug-likeness (QED) is 0.628. The van der Waals surface area contributed by atoms with E-state index >= 15 is 0 Å². The third kappa shape index (κ3) is 5.84. The lowest BCUT2D eigenvalue weighted by atomic mass is 10.2. The molecule has 9 nitrogen and oxygen atoms in total. The van der Waals surface area contributed by atoms with E-state index in [1.165, 1.54) is 11.0 Å². The Morgan fingerprint density at radius 2 is 1.96 bits per heavy atom. The van der Waals surface area contributed by atoms with Gasteiger partial charge in [0.05, 0.1) is 6.07 Å². The summed E-state index contributed by atoms with van der Waals surface area (Å²) in [5.41, 5.74) is 0.646. The molecule has 144 valence electrons. The lowest BCUT2D eigenvalue weighted by Crippen LogP contribution is -2.33. The van der Waals surface area contributed by atoms with Gasteiger partial charge in [-0.3, -0.25) is 14.9 Å². The number of rotatable bonds is 5. The number of benzene rings is 1. The second kappa shape index (κ2) is 7.90. The van der Waals surface area contributed by atoms with Crippen molar-refractivity contribution in [3.63, 3.8) is 0 Å². The number of amides is 2. The van der Waals surface area contributed by atoms with Crippen molar-refractivity contribution in [3.8, 4) is 0 Å². The van der Waals surface area contributed by atoms with Crippen molar-refractivity contribution in [2.24, 2.45) is 0 Å². The Morgan fingerprint density at radius 1 is 1.26 bits per heavy atom. The van der Waals surface area contributed by atoms with Gasteiger partial charge in [-0.15, -0.1) is 0 Å². The number of ether oxygens (including phenoxy) is 1. The Morgan fingerprint density at radius 3 is 2.56 bits per heavy atom. The maximum Gasteiger partial charge on any atom is 0.433 e. The summed E-state index contributed by atoms with van der Waals surface area (Å²) >= 11 is 0. The van der Waals surface area contributed by atoms with Crippen LogP contribution < -0.4 is 5.32 Å². The molecule has 27 heavy (non-hydrogen) atoms. The molecule has 0 unspecified atom stereocenters. The van der Waals surface area contributed by atoms with Crippen LogP contribution in [0.25, 0.3) is 0 Å².